The topological polar surface area (TPSA) is 60.1 Å². The lowest BCUT2D eigenvalue weighted by Crippen LogP contribution is -2.37. The molecule has 0 radical (unpaired) electrons. The van der Waals surface area contributed by atoms with Gasteiger partial charge in [0.05, 0.1) is 12.0 Å². The molecule has 124 valence electrons. The van der Waals surface area contributed by atoms with Gasteiger partial charge in [-0.05, 0) is 36.4 Å². The van der Waals surface area contributed by atoms with Crippen molar-refractivity contribution in [3.8, 4) is 5.69 Å². The number of carbonyl (C=O) groups excluding carboxylic acids is 1. The first-order chi connectivity index (χ1) is 11.4. The second kappa shape index (κ2) is 6.23. The number of nitrogens with one attached hydrogen (secondary N) is 1. The zero-order valence-corrected chi connectivity index (χ0v) is 12.2. The Balaban J connectivity index is 1.85. The van der Waals surface area contributed by atoms with Gasteiger partial charge in [-0.2, -0.15) is 18.3 Å². The Morgan fingerprint density at radius 1 is 1.21 bits per heavy atom. The first-order valence-corrected chi connectivity index (χ1v) is 6.96. The quantitative estimate of drug-likeness (QED) is 0.794. The van der Waals surface area contributed by atoms with E-state index in [0.717, 1.165) is 6.26 Å². The molecule has 0 unspecified atom stereocenters. The van der Waals surface area contributed by atoms with Crippen molar-refractivity contribution in [3.05, 3.63) is 72.4 Å². The number of alkyl halides is 3. The maximum atomic E-state index is 13.2. The van der Waals surface area contributed by atoms with Crippen LogP contribution in [0.25, 0.3) is 5.69 Å². The van der Waals surface area contributed by atoms with Crippen molar-refractivity contribution in [1.82, 2.24) is 15.1 Å². The lowest BCUT2D eigenvalue weighted by Gasteiger charge is -2.19. The van der Waals surface area contributed by atoms with Gasteiger partial charge in [0, 0.05) is 18.0 Å². The third kappa shape index (κ3) is 3.32. The summed E-state index contributed by atoms with van der Waals surface area (Å²) in [6.07, 6.45) is -0.326. The molecule has 2 heterocycles. The lowest BCUT2D eigenvalue weighted by molar-refractivity contribution is -0.158. The van der Waals surface area contributed by atoms with E-state index in [-0.39, 0.29) is 11.3 Å². The third-order valence-electron chi connectivity index (χ3n) is 3.31. The van der Waals surface area contributed by atoms with Crippen LogP contribution in [-0.4, -0.2) is 21.9 Å². The van der Waals surface area contributed by atoms with Gasteiger partial charge in [-0.3, -0.25) is 4.79 Å². The predicted octanol–water partition coefficient (Wildman–Crippen LogP) is 3.50. The fraction of sp³-hybridized carbons (Fsp3) is 0.125. The van der Waals surface area contributed by atoms with E-state index in [1.165, 1.54) is 28.9 Å². The Hall–Kier alpha value is -3.03. The minimum Gasteiger partial charge on any atom is -0.467 e. The Labute approximate surface area is 134 Å². The fourth-order valence-corrected chi connectivity index (χ4v) is 2.20. The van der Waals surface area contributed by atoms with E-state index in [1.54, 1.807) is 30.6 Å². The summed E-state index contributed by atoms with van der Waals surface area (Å²) in [7, 11) is 0. The summed E-state index contributed by atoms with van der Waals surface area (Å²) in [5, 5.41) is 5.98. The molecule has 3 aromatic rings. The van der Waals surface area contributed by atoms with Crippen LogP contribution in [0, 0.1) is 0 Å². The standard InChI is InChI=1S/C16H12F3N3O2/c17-16(18,19)14(13-6-2-9-24-13)21-15(23)11-4-1-5-12(10-11)22-8-3-7-20-22/h1-10,14H,(H,21,23)/t14-/m0/s1. The highest BCUT2D eigenvalue weighted by molar-refractivity contribution is 5.95. The molecule has 0 aliphatic rings. The maximum absolute atomic E-state index is 13.2. The molecular formula is C16H12F3N3O2. The number of hydrogen-bond donors (Lipinski definition) is 1. The molecule has 1 amide bonds. The van der Waals surface area contributed by atoms with Crippen LogP contribution < -0.4 is 5.32 Å². The van der Waals surface area contributed by atoms with Crippen LogP contribution in [0.1, 0.15) is 22.2 Å². The number of rotatable bonds is 4. The van der Waals surface area contributed by atoms with Crippen molar-refractivity contribution < 1.29 is 22.4 Å². The Morgan fingerprint density at radius 3 is 2.67 bits per heavy atom. The molecule has 0 spiro atoms. The Morgan fingerprint density at radius 2 is 2.04 bits per heavy atom. The summed E-state index contributed by atoms with van der Waals surface area (Å²) in [4.78, 5) is 12.2. The molecular weight excluding hydrogens is 323 g/mol. The number of halogens is 3. The number of amides is 1. The molecule has 1 atom stereocenters. The number of hydrogen-bond acceptors (Lipinski definition) is 3. The van der Waals surface area contributed by atoms with Crippen molar-refractivity contribution in [2.45, 2.75) is 12.2 Å². The highest BCUT2D eigenvalue weighted by Gasteiger charge is 2.43. The van der Waals surface area contributed by atoms with E-state index in [1.807, 2.05) is 5.32 Å². The molecule has 5 nitrogen and oxygen atoms in total. The number of benzene rings is 1. The van der Waals surface area contributed by atoms with Crippen LogP contribution in [0.5, 0.6) is 0 Å². The van der Waals surface area contributed by atoms with Crippen LogP contribution in [0.4, 0.5) is 13.2 Å². The molecule has 0 aliphatic carbocycles. The lowest BCUT2D eigenvalue weighted by atomic mass is 10.1. The van der Waals surface area contributed by atoms with E-state index in [2.05, 4.69) is 5.10 Å². The van der Waals surface area contributed by atoms with Gasteiger partial charge >= 0.3 is 6.18 Å². The summed E-state index contributed by atoms with van der Waals surface area (Å²) >= 11 is 0. The first kappa shape index (κ1) is 15.9. The predicted molar refractivity (Wildman–Crippen MR) is 78.5 cm³/mol. The highest BCUT2D eigenvalue weighted by Crippen LogP contribution is 2.33. The Kier molecular flexibility index (Phi) is 4.11. The molecule has 1 aromatic carbocycles. The molecule has 24 heavy (non-hydrogen) atoms. The Bertz CT molecular complexity index is 811. The molecule has 0 bridgehead atoms. The largest absolute Gasteiger partial charge is 0.467 e. The van der Waals surface area contributed by atoms with E-state index in [0.29, 0.717) is 5.69 Å². The fourth-order valence-electron chi connectivity index (χ4n) is 2.20. The first-order valence-electron chi connectivity index (χ1n) is 6.96. The molecule has 0 aliphatic heterocycles. The van der Waals surface area contributed by atoms with Crippen LogP contribution >= 0.6 is 0 Å². The van der Waals surface area contributed by atoms with Crippen molar-refractivity contribution in [2.75, 3.05) is 0 Å². The molecule has 2 aromatic heterocycles. The maximum Gasteiger partial charge on any atom is 0.415 e. The van der Waals surface area contributed by atoms with Gasteiger partial charge in [-0.25, -0.2) is 4.68 Å². The van der Waals surface area contributed by atoms with E-state index in [4.69, 9.17) is 4.42 Å². The van der Waals surface area contributed by atoms with Gasteiger partial charge < -0.3 is 9.73 Å². The zero-order valence-electron chi connectivity index (χ0n) is 12.2. The van der Waals surface area contributed by atoms with Crippen LogP contribution in [-0.2, 0) is 0 Å². The third-order valence-corrected chi connectivity index (χ3v) is 3.31. The molecule has 0 saturated carbocycles. The molecule has 0 fully saturated rings. The average Bonchev–Trinajstić information content (AvgIpc) is 3.24. The summed E-state index contributed by atoms with van der Waals surface area (Å²) in [5.41, 5.74) is 0.651. The van der Waals surface area contributed by atoms with E-state index >= 15 is 0 Å². The second-order valence-corrected chi connectivity index (χ2v) is 4.96. The average molecular weight is 335 g/mol. The van der Waals surface area contributed by atoms with Crippen LogP contribution in [0.15, 0.2) is 65.5 Å². The van der Waals surface area contributed by atoms with Crippen molar-refractivity contribution in [3.63, 3.8) is 0 Å². The van der Waals surface area contributed by atoms with Gasteiger partial charge in [0.25, 0.3) is 5.91 Å². The van der Waals surface area contributed by atoms with E-state index in [9.17, 15) is 18.0 Å². The minimum atomic E-state index is -4.67. The summed E-state index contributed by atoms with van der Waals surface area (Å²) in [6.45, 7) is 0. The number of furan rings is 1. The summed E-state index contributed by atoms with van der Waals surface area (Å²) in [5.74, 6) is -1.23. The summed E-state index contributed by atoms with van der Waals surface area (Å²) in [6, 6.07) is 8.13. The van der Waals surface area contributed by atoms with Gasteiger partial charge in [0.15, 0.2) is 6.04 Å². The highest BCUT2D eigenvalue weighted by atomic mass is 19.4. The molecule has 0 saturated heterocycles. The second-order valence-electron chi connectivity index (χ2n) is 4.96. The molecule has 1 N–H and O–H groups in total. The van der Waals surface area contributed by atoms with Gasteiger partial charge in [-0.1, -0.05) is 6.07 Å². The summed E-state index contributed by atoms with van der Waals surface area (Å²) < 4.78 is 45.8. The van der Waals surface area contributed by atoms with Gasteiger partial charge in [-0.15, -0.1) is 0 Å². The van der Waals surface area contributed by atoms with E-state index < -0.39 is 18.1 Å². The van der Waals surface area contributed by atoms with Crippen molar-refractivity contribution in [1.29, 1.82) is 0 Å². The monoisotopic (exact) mass is 335 g/mol. The van der Waals surface area contributed by atoms with Crippen LogP contribution in [0.2, 0.25) is 0 Å². The normalized spacial score (nSPS) is 12.8. The smallest absolute Gasteiger partial charge is 0.415 e. The van der Waals surface area contributed by atoms with Crippen molar-refractivity contribution in [2.24, 2.45) is 0 Å². The van der Waals surface area contributed by atoms with Crippen LogP contribution in [0.3, 0.4) is 0 Å². The molecule has 3 rings (SSSR count). The van der Waals surface area contributed by atoms with Crippen molar-refractivity contribution >= 4 is 5.91 Å². The number of nitrogens with zero attached hydrogens (tertiary/aromatic N) is 2. The minimum absolute atomic E-state index is 0.0869. The number of aromatic nitrogens is 2. The zero-order chi connectivity index (χ0) is 17.2. The SMILES string of the molecule is O=C(N[C@@H](c1ccco1)C(F)(F)F)c1cccc(-n2cccn2)c1. The van der Waals surface area contributed by atoms with Gasteiger partial charge in [0.2, 0.25) is 0 Å². The van der Waals surface area contributed by atoms with Gasteiger partial charge in [0.1, 0.15) is 5.76 Å². The molecule has 8 heteroatoms. The number of carbonyl (C=O) groups is 1.